The first-order chi connectivity index (χ1) is 7.22. The average molecular weight is 293 g/mol. The lowest BCUT2D eigenvalue weighted by Crippen LogP contribution is -2.17. The number of hydrogen-bond donors (Lipinski definition) is 0. The number of alkyl halides is 3. The molecule has 0 amide bonds. The topological polar surface area (TPSA) is 26.3 Å². The zero-order valence-corrected chi connectivity index (χ0v) is 9.51. The number of ether oxygens (including phenoxy) is 1. The van der Waals surface area contributed by atoms with Crippen LogP contribution in [0.1, 0.15) is 10.4 Å². The van der Waals surface area contributed by atoms with E-state index in [1.54, 1.807) is 0 Å². The number of rotatable bonds is 2. The van der Waals surface area contributed by atoms with Gasteiger partial charge in [-0.05, 0) is 23.7 Å². The van der Waals surface area contributed by atoms with E-state index in [0.29, 0.717) is 0 Å². The van der Waals surface area contributed by atoms with E-state index in [9.17, 15) is 18.0 Å². The Morgan fingerprint density at radius 1 is 1.19 bits per heavy atom. The first-order valence-electron chi connectivity index (χ1n) is 3.66. The van der Waals surface area contributed by atoms with E-state index >= 15 is 0 Å². The minimum absolute atomic E-state index is 0.192. The highest BCUT2D eigenvalue weighted by Crippen LogP contribution is 2.37. The monoisotopic (exact) mass is 292 g/mol. The minimum Gasteiger partial charge on any atom is -0.404 e. The molecule has 8 heteroatoms. The molecule has 1 aromatic carbocycles. The SMILES string of the molecule is O=C(Cl)c1ccc(OC(F)(F)F)c(Cl)c1Cl. The molecule has 0 saturated carbocycles. The quantitative estimate of drug-likeness (QED) is 0.761. The Kier molecular flexibility index (Phi) is 3.93. The molecule has 1 aromatic rings. The molecule has 2 nitrogen and oxygen atoms in total. The molecule has 16 heavy (non-hydrogen) atoms. The number of carbonyl (C=O) groups is 1. The Labute approximate surface area is 103 Å². The zero-order valence-electron chi connectivity index (χ0n) is 7.24. The highest BCUT2D eigenvalue weighted by atomic mass is 35.5. The summed E-state index contributed by atoms with van der Waals surface area (Å²) in [7, 11) is 0. The van der Waals surface area contributed by atoms with Gasteiger partial charge in [0.25, 0.3) is 5.24 Å². The lowest BCUT2D eigenvalue weighted by atomic mass is 10.2. The van der Waals surface area contributed by atoms with Crippen molar-refractivity contribution in [1.29, 1.82) is 0 Å². The Balaban J connectivity index is 3.17. The summed E-state index contributed by atoms with van der Waals surface area (Å²) >= 11 is 16.1. The smallest absolute Gasteiger partial charge is 0.404 e. The van der Waals surface area contributed by atoms with Crippen molar-refractivity contribution < 1.29 is 22.7 Å². The fourth-order valence-corrected chi connectivity index (χ4v) is 1.54. The van der Waals surface area contributed by atoms with E-state index in [2.05, 4.69) is 4.74 Å². The van der Waals surface area contributed by atoms with Crippen LogP contribution < -0.4 is 4.74 Å². The maximum atomic E-state index is 11.9. The third-order valence-corrected chi connectivity index (χ3v) is 2.55. The molecule has 0 atom stereocenters. The van der Waals surface area contributed by atoms with Gasteiger partial charge < -0.3 is 4.74 Å². The summed E-state index contributed by atoms with van der Waals surface area (Å²) in [5.74, 6) is -0.694. The summed E-state index contributed by atoms with van der Waals surface area (Å²) in [6.07, 6.45) is -4.89. The van der Waals surface area contributed by atoms with Crippen LogP contribution in [0.2, 0.25) is 10.0 Å². The van der Waals surface area contributed by atoms with E-state index in [4.69, 9.17) is 34.8 Å². The van der Waals surface area contributed by atoms with Crippen LogP contribution in [0.5, 0.6) is 5.75 Å². The molecule has 0 fully saturated rings. The highest BCUT2D eigenvalue weighted by Gasteiger charge is 2.32. The molecule has 0 aromatic heterocycles. The van der Waals surface area contributed by atoms with Gasteiger partial charge in [-0.1, -0.05) is 23.2 Å². The Hall–Kier alpha value is -0.650. The lowest BCUT2D eigenvalue weighted by Gasteiger charge is -2.11. The van der Waals surface area contributed by atoms with Gasteiger partial charge in [0, 0.05) is 0 Å². The number of hydrogen-bond acceptors (Lipinski definition) is 2. The highest BCUT2D eigenvalue weighted by molar-refractivity contribution is 6.69. The third-order valence-electron chi connectivity index (χ3n) is 1.48. The summed E-state index contributed by atoms with van der Waals surface area (Å²) in [5, 5.41) is -1.83. The third kappa shape index (κ3) is 3.17. The molecular formula is C8H2Cl3F3O2. The largest absolute Gasteiger partial charge is 0.573 e. The van der Waals surface area contributed by atoms with E-state index in [1.165, 1.54) is 0 Å². The summed E-state index contributed by atoms with van der Waals surface area (Å²) in [5.41, 5.74) is -0.192. The molecule has 0 aliphatic heterocycles. The molecule has 0 unspecified atom stereocenters. The van der Waals surface area contributed by atoms with Crippen LogP contribution in [0.4, 0.5) is 13.2 Å². The van der Waals surface area contributed by atoms with Gasteiger partial charge in [-0.3, -0.25) is 4.79 Å². The molecule has 88 valence electrons. The van der Waals surface area contributed by atoms with Crippen molar-refractivity contribution in [3.8, 4) is 5.75 Å². The van der Waals surface area contributed by atoms with E-state index in [1.807, 2.05) is 0 Å². The average Bonchev–Trinajstić information content (AvgIpc) is 2.10. The summed E-state index contributed by atoms with van der Waals surface area (Å²) in [6, 6.07) is 1.85. The molecular weight excluding hydrogens is 291 g/mol. The van der Waals surface area contributed by atoms with Crippen LogP contribution in [-0.4, -0.2) is 11.6 Å². The van der Waals surface area contributed by atoms with Crippen molar-refractivity contribution in [2.45, 2.75) is 6.36 Å². The summed E-state index contributed by atoms with van der Waals surface area (Å²) < 4.78 is 39.3. The van der Waals surface area contributed by atoms with E-state index < -0.39 is 22.4 Å². The van der Waals surface area contributed by atoms with Gasteiger partial charge in [0.05, 0.1) is 10.6 Å². The molecule has 0 spiro atoms. The second kappa shape index (κ2) is 4.69. The van der Waals surface area contributed by atoms with Crippen LogP contribution in [-0.2, 0) is 0 Å². The standard InChI is InChI=1S/C8H2Cl3F3O2/c9-5-3(7(11)15)1-2-4(6(5)10)16-8(12,13)14/h1-2H. The van der Waals surface area contributed by atoms with Gasteiger partial charge in [-0.2, -0.15) is 0 Å². The van der Waals surface area contributed by atoms with Crippen LogP contribution >= 0.6 is 34.8 Å². The van der Waals surface area contributed by atoms with Gasteiger partial charge in [0.15, 0.2) is 0 Å². The van der Waals surface area contributed by atoms with Crippen LogP contribution in [0.25, 0.3) is 0 Å². The second-order valence-corrected chi connectivity index (χ2v) is 3.66. The number of benzene rings is 1. The predicted molar refractivity (Wildman–Crippen MR) is 53.3 cm³/mol. The minimum atomic E-state index is -4.89. The molecule has 0 bridgehead atoms. The van der Waals surface area contributed by atoms with Gasteiger partial charge in [-0.25, -0.2) is 0 Å². The van der Waals surface area contributed by atoms with Crippen molar-refractivity contribution in [2.24, 2.45) is 0 Å². The van der Waals surface area contributed by atoms with Crippen molar-refractivity contribution in [1.82, 2.24) is 0 Å². The normalized spacial score (nSPS) is 11.4. The summed E-state index contributed by atoms with van der Waals surface area (Å²) in [4.78, 5) is 10.8. The Morgan fingerprint density at radius 3 is 2.19 bits per heavy atom. The summed E-state index contributed by atoms with van der Waals surface area (Å²) in [6.45, 7) is 0. The fraction of sp³-hybridized carbons (Fsp3) is 0.125. The van der Waals surface area contributed by atoms with E-state index in [-0.39, 0.29) is 10.6 Å². The molecule has 0 radical (unpaired) electrons. The van der Waals surface area contributed by atoms with E-state index in [0.717, 1.165) is 12.1 Å². The molecule has 0 aliphatic carbocycles. The van der Waals surface area contributed by atoms with Crippen molar-refractivity contribution in [3.05, 3.63) is 27.7 Å². The molecule has 0 N–H and O–H groups in total. The number of carbonyl (C=O) groups excluding carboxylic acids is 1. The van der Waals surface area contributed by atoms with Crippen molar-refractivity contribution in [2.75, 3.05) is 0 Å². The second-order valence-electron chi connectivity index (χ2n) is 2.56. The maximum Gasteiger partial charge on any atom is 0.573 e. The molecule has 1 rings (SSSR count). The maximum absolute atomic E-state index is 11.9. The molecule has 0 aliphatic rings. The molecule has 0 heterocycles. The van der Waals surface area contributed by atoms with Crippen molar-refractivity contribution >= 4 is 40.0 Å². The fourth-order valence-electron chi connectivity index (χ4n) is 0.887. The van der Waals surface area contributed by atoms with Gasteiger partial charge >= 0.3 is 6.36 Å². The Morgan fingerprint density at radius 2 is 1.75 bits per heavy atom. The first-order valence-corrected chi connectivity index (χ1v) is 4.79. The Bertz CT molecular complexity index is 431. The van der Waals surface area contributed by atoms with Crippen LogP contribution in [0.15, 0.2) is 12.1 Å². The van der Waals surface area contributed by atoms with Gasteiger partial charge in [0.1, 0.15) is 10.8 Å². The first kappa shape index (κ1) is 13.4. The van der Waals surface area contributed by atoms with Gasteiger partial charge in [0.2, 0.25) is 0 Å². The van der Waals surface area contributed by atoms with Crippen molar-refractivity contribution in [3.63, 3.8) is 0 Å². The number of halogens is 6. The molecule has 0 saturated heterocycles. The predicted octanol–water partition coefficient (Wildman–Crippen LogP) is 4.27. The zero-order chi connectivity index (χ0) is 12.5. The lowest BCUT2D eigenvalue weighted by molar-refractivity contribution is -0.274. The van der Waals surface area contributed by atoms with Gasteiger partial charge in [-0.15, -0.1) is 13.2 Å². The van der Waals surface area contributed by atoms with Crippen LogP contribution in [0, 0.1) is 0 Å². The van der Waals surface area contributed by atoms with Crippen LogP contribution in [0.3, 0.4) is 0 Å².